The molecule has 1 fully saturated rings. The number of hydrogen-bond acceptors (Lipinski definition) is 7. The highest BCUT2D eigenvalue weighted by Crippen LogP contribution is 2.43. The molecule has 5 rings (SSSR count). The van der Waals surface area contributed by atoms with Crippen LogP contribution in [0.5, 0.6) is 11.5 Å². The molecule has 1 atom stereocenters. The van der Waals surface area contributed by atoms with E-state index >= 15 is 0 Å². The lowest BCUT2D eigenvalue weighted by Crippen LogP contribution is -2.51. The van der Waals surface area contributed by atoms with Gasteiger partial charge in [-0.05, 0) is 50.1 Å². The predicted molar refractivity (Wildman–Crippen MR) is 161 cm³/mol. The molecule has 15 heteroatoms. The van der Waals surface area contributed by atoms with Gasteiger partial charge < -0.3 is 25.6 Å². The Morgan fingerprint density at radius 2 is 1.89 bits per heavy atom. The molecule has 1 saturated carbocycles. The van der Waals surface area contributed by atoms with Crippen molar-refractivity contribution >= 4 is 45.9 Å². The fraction of sp³-hybridized carbons (Fsp3) is 0.333. The molecular formula is C30H28Cl2F3N5O5. The largest absolute Gasteiger partial charge is 0.494 e. The Labute approximate surface area is 265 Å². The summed E-state index contributed by atoms with van der Waals surface area (Å²) in [6.07, 6.45) is -2.20. The molecule has 2 aromatic carbocycles. The van der Waals surface area contributed by atoms with Crippen molar-refractivity contribution in [2.75, 3.05) is 20.3 Å². The van der Waals surface area contributed by atoms with Crippen molar-refractivity contribution in [1.29, 1.82) is 0 Å². The molecule has 0 radical (unpaired) electrons. The van der Waals surface area contributed by atoms with Crippen LogP contribution in [0.25, 0.3) is 22.2 Å². The summed E-state index contributed by atoms with van der Waals surface area (Å²) in [5.74, 6) is -1.55. The molecule has 238 valence electrons. The fourth-order valence-corrected chi connectivity index (χ4v) is 5.14. The van der Waals surface area contributed by atoms with Crippen LogP contribution in [0.2, 0.25) is 10.0 Å². The maximum atomic E-state index is 14.7. The summed E-state index contributed by atoms with van der Waals surface area (Å²) in [7, 11) is 1.39. The summed E-state index contributed by atoms with van der Waals surface area (Å²) in [4.78, 5) is 29.3. The minimum absolute atomic E-state index is 0.00946. The van der Waals surface area contributed by atoms with Gasteiger partial charge in [0.05, 0.1) is 48.5 Å². The molecule has 4 aromatic rings. The molecule has 1 aliphatic rings. The van der Waals surface area contributed by atoms with Crippen molar-refractivity contribution in [2.45, 2.75) is 44.0 Å². The van der Waals surface area contributed by atoms with Gasteiger partial charge in [-0.15, -0.1) is 0 Å². The number of nitrogens with zero attached hydrogens (tertiary/aromatic N) is 3. The number of fused-ring (bicyclic) bond motifs is 1. The molecule has 2 amide bonds. The number of ether oxygens (including phenoxy) is 2. The molecule has 1 aliphatic carbocycles. The van der Waals surface area contributed by atoms with E-state index in [1.54, 1.807) is 17.8 Å². The second-order valence-electron chi connectivity index (χ2n) is 10.5. The number of carbonyl (C=O) groups excluding carboxylic acids is 2. The molecule has 0 unspecified atom stereocenters. The summed E-state index contributed by atoms with van der Waals surface area (Å²) < 4.78 is 57.0. The summed E-state index contributed by atoms with van der Waals surface area (Å²) in [6, 6.07) is 8.18. The lowest BCUT2D eigenvalue weighted by atomic mass is 9.93. The minimum Gasteiger partial charge on any atom is -0.494 e. The first-order valence-electron chi connectivity index (χ1n) is 13.8. The van der Waals surface area contributed by atoms with E-state index in [0.29, 0.717) is 10.9 Å². The molecule has 4 N–H and O–H groups in total. The Balaban J connectivity index is 1.56. The van der Waals surface area contributed by atoms with Crippen molar-refractivity contribution in [1.82, 2.24) is 20.1 Å². The standard InChI is InChI=1S/C30H28Cl2F3N5O5/c1-3-45-27-16(12-24(36)41)11-23(38-26(27)15-4-7-20(31)21(32)9-15)29(43,30(33,34)35)14-37-28(42)17-8-18-13-40(19-5-6-19)39-25(18)22(10-17)44-2/h4,7-11,13,19,43H,3,5-6,12,14H2,1-2H3,(H2,36,41)(H,37,42)/t29-/m0/s1. The maximum absolute atomic E-state index is 14.7. The molecule has 0 spiro atoms. The van der Waals surface area contributed by atoms with E-state index in [9.17, 15) is 27.9 Å². The highest BCUT2D eigenvalue weighted by molar-refractivity contribution is 6.42. The number of pyridine rings is 1. The number of rotatable bonds is 11. The first-order chi connectivity index (χ1) is 21.2. The molecule has 0 aliphatic heterocycles. The fourth-order valence-electron chi connectivity index (χ4n) is 4.84. The number of amides is 2. The quantitative estimate of drug-likeness (QED) is 0.196. The van der Waals surface area contributed by atoms with Crippen molar-refractivity contribution in [3.63, 3.8) is 0 Å². The van der Waals surface area contributed by atoms with E-state index < -0.39 is 42.3 Å². The van der Waals surface area contributed by atoms with Crippen molar-refractivity contribution in [2.24, 2.45) is 5.73 Å². The van der Waals surface area contributed by atoms with Crippen molar-refractivity contribution < 1.29 is 37.3 Å². The smallest absolute Gasteiger partial charge is 0.424 e. The lowest BCUT2D eigenvalue weighted by Gasteiger charge is -2.31. The van der Waals surface area contributed by atoms with Crippen LogP contribution < -0.4 is 20.5 Å². The highest BCUT2D eigenvalue weighted by Gasteiger charge is 2.56. The number of aliphatic hydroxyl groups is 1. The average Bonchev–Trinajstić information content (AvgIpc) is 3.75. The molecule has 0 bridgehead atoms. The van der Waals surface area contributed by atoms with E-state index in [1.807, 2.05) is 0 Å². The first-order valence-corrected chi connectivity index (χ1v) is 14.6. The number of alkyl halides is 3. The zero-order valence-electron chi connectivity index (χ0n) is 24.0. The monoisotopic (exact) mass is 665 g/mol. The Morgan fingerprint density at radius 1 is 1.16 bits per heavy atom. The van der Waals surface area contributed by atoms with E-state index in [0.717, 1.165) is 18.9 Å². The number of carbonyl (C=O) groups is 2. The van der Waals surface area contributed by atoms with Gasteiger partial charge in [-0.3, -0.25) is 14.3 Å². The molecule has 0 saturated heterocycles. The van der Waals surface area contributed by atoms with Crippen LogP contribution in [-0.2, 0) is 16.8 Å². The van der Waals surface area contributed by atoms with Crippen LogP contribution >= 0.6 is 23.2 Å². The number of benzene rings is 2. The number of aromatic nitrogens is 3. The van der Waals surface area contributed by atoms with Gasteiger partial charge in [-0.25, -0.2) is 4.98 Å². The van der Waals surface area contributed by atoms with Gasteiger partial charge in [0.15, 0.2) is 0 Å². The number of hydrogen-bond donors (Lipinski definition) is 3. The molecule has 2 aromatic heterocycles. The van der Waals surface area contributed by atoms with E-state index in [4.69, 9.17) is 38.4 Å². The summed E-state index contributed by atoms with van der Waals surface area (Å²) in [5.41, 5.74) is 1.26. The summed E-state index contributed by atoms with van der Waals surface area (Å²) in [5, 5.41) is 18.8. The molecule has 45 heavy (non-hydrogen) atoms. The predicted octanol–water partition coefficient (Wildman–Crippen LogP) is 5.36. The number of halogens is 5. The number of methoxy groups -OCH3 is 1. The summed E-state index contributed by atoms with van der Waals surface area (Å²) >= 11 is 12.2. The van der Waals surface area contributed by atoms with Crippen LogP contribution in [-0.4, -0.2) is 58.1 Å². The topological polar surface area (TPSA) is 142 Å². The van der Waals surface area contributed by atoms with Gasteiger partial charge in [-0.2, -0.15) is 18.3 Å². The van der Waals surface area contributed by atoms with Crippen LogP contribution in [0.3, 0.4) is 0 Å². The normalized spacial score (nSPS) is 14.7. The van der Waals surface area contributed by atoms with Crippen molar-refractivity contribution in [3.05, 3.63) is 69.5 Å². The molecule has 10 nitrogen and oxygen atoms in total. The van der Waals surface area contributed by atoms with E-state index in [-0.39, 0.29) is 56.6 Å². The van der Waals surface area contributed by atoms with Gasteiger partial charge in [0.1, 0.15) is 22.7 Å². The third-order valence-corrected chi connectivity index (χ3v) is 8.03. The van der Waals surface area contributed by atoms with Crippen LogP contribution in [0, 0.1) is 0 Å². The van der Waals surface area contributed by atoms with E-state index in [1.165, 1.54) is 37.4 Å². The van der Waals surface area contributed by atoms with E-state index in [2.05, 4.69) is 15.4 Å². The molecular weight excluding hydrogens is 638 g/mol. The minimum atomic E-state index is -5.34. The zero-order valence-corrected chi connectivity index (χ0v) is 25.6. The van der Waals surface area contributed by atoms with Crippen LogP contribution in [0.15, 0.2) is 42.6 Å². The van der Waals surface area contributed by atoms with Gasteiger partial charge in [0, 0.05) is 28.3 Å². The Hall–Kier alpha value is -4.07. The zero-order chi connectivity index (χ0) is 32.7. The van der Waals surface area contributed by atoms with Crippen LogP contribution in [0.1, 0.15) is 47.4 Å². The average molecular weight is 666 g/mol. The van der Waals surface area contributed by atoms with Gasteiger partial charge in [0.2, 0.25) is 11.5 Å². The SMILES string of the molecule is CCOc1c(CC(N)=O)cc([C@@](O)(CNC(=O)c2cc(OC)c3nn(C4CC4)cc3c2)C(F)(F)F)nc1-c1ccc(Cl)c(Cl)c1. The van der Waals surface area contributed by atoms with Gasteiger partial charge in [-0.1, -0.05) is 29.3 Å². The highest BCUT2D eigenvalue weighted by atomic mass is 35.5. The third-order valence-electron chi connectivity index (χ3n) is 7.29. The number of nitrogens with two attached hydrogens (primary N) is 1. The molecule has 2 heterocycles. The maximum Gasteiger partial charge on any atom is 0.424 e. The Kier molecular flexibility index (Phi) is 8.89. The van der Waals surface area contributed by atoms with Gasteiger partial charge >= 0.3 is 6.18 Å². The first kappa shape index (κ1) is 32.3. The summed E-state index contributed by atoms with van der Waals surface area (Å²) in [6.45, 7) is 0.369. The van der Waals surface area contributed by atoms with Crippen molar-refractivity contribution in [3.8, 4) is 22.8 Å². The number of nitrogens with one attached hydrogen (secondary N) is 1. The Morgan fingerprint density at radius 3 is 2.49 bits per heavy atom. The third kappa shape index (κ3) is 6.51. The second-order valence-corrected chi connectivity index (χ2v) is 11.4. The number of primary amides is 1. The van der Waals surface area contributed by atoms with Crippen LogP contribution in [0.4, 0.5) is 13.2 Å². The van der Waals surface area contributed by atoms with Gasteiger partial charge in [0.25, 0.3) is 5.91 Å². The second kappa shape index (κ2) is 12.4. The Bertz CT molecular complexity index is 1790. The lowest BCUT2D eigenvalue weighted by molar-refractivity contribution is -0.265.